The van der Waals surface area contributed by atoms with E-state index in [0.717, 1.165) is 69.8 Å². The third-order valence-corrected chi connectivity index (χ3v) is 8.79. The number of hydrogen-bond acceptors (Lipinski definition) is 2. The molecule has 38 heavy (non-hydrogen) atoms. The number of unbranched alkanes of at least 4 members (excludes halogenated alkanes) is 4. The molecule has 210 valence electrons. The molecule has 4 rings (SSSR count). The van der Waals surface area contributed by atoms with Crippen LogP contribution in [0.2, 0.25) is 0 Å². The summed E-state index contributed by atoms with van der Waals surface area (Å²) >= 11 is 0. The maximum atomic E-state index is 14.8. The van der Waals surface area contributed by atoms with Gasteiger partial charge in [-0.25, -0.2) is 8.78 Å². The summed E-state index contributed by atoms with van der Waals surface area (Å²) in [5.74, 6) is -0.171. The smallest absolute Gasteiger partial charge is 0.200 e. The molecule has 0 N–H and O–H groups in total. The fourth-order valence-corrected chi connectivity index (χ4v) is 6.19. The first-order chi connectivity index (χ1) is 18.5. The third kappa shape index (κ3) is 7.70. The second-order valence-corrected chi connectivity index (χ2v) is 11.7. The lowest BCUT2D eigenvalue weighted by atomic mass is 9.79. The molecule has 2 fully saturated rings. The first kappa shape index (κ1) is 28.8. The summed E-state index contributed by atoms with van der Waals surface area (Å²) in [5.41, 5.74) is 1.51. The summed E-state index contributed by atoms with van der Waals surface area (Å²) in [5, 5.41) is 0. The molecule has 0 aromatic heterocycles. The van der Waals surface area contributed by atoms with Crippen molar-refractivity contribution in [1.82, 2.24) is 0 Å². The predicted octanol–water partition coefficient (Wildman–Crippen LogP) is 10.1. The van der Waals surface area contributed by atoms with E-state index in [9.17, 15) is 13.2 Å². The van der Waals surface area contributed by atoms with E-state index >= 15 is 0 Å². The van der Waals surface area contributed by atoms with E-state index in [4.69, 9.17) is 9.47 Å². The Morgan fingerprint density at radius 2 is 1.39 bits per heavy atom. The molecule has 2 aromatic rings. The van der Waals surface area contributed by atoms with Crippen LogP contribution in [0.25, 0.3) is 0 Å². The van der Waals surface area contributed by atoms with Crippen LogP contribution in [0.5, 0.6) is 11.5 Å². The highest BCUT2D eigenvalue weighted by Gasteiger charge is 2.27. The molecule has 2 aliphatic carbocycles. The van der Waals surface area contributed by atoms with Crippen molar-refractivity contribution in [2.75, 3.05) is 13.2 Å². The van der Waals surface area contributed by atoms with Gasteiger partial charge in [-0.1, -0.05) is 64.5 Å². The van der Waals surface area contributed by atoms with Crippen LogP contribution in [0, 0.1) is 29.3 Å². The minimum Gasteiger partial charge on any atom is -0.491 e. The fourth-order valence-electron chi connectivity index (χ4n) is 6.19. The molecule has 0 amide bonds. The van der Waals surface area contributed by atoms with Crippen molar-refractivity contribution in [2.45, 2.75) is 109 Å². The first-order valence-electron chi connectivity index (χ1n) is 15.0. The van der Waals surface area contributed by atoms with Gasteiger partial charge in [-0.2, -0.15) is 4.39 Å². The van der Waals surface area contributed by atoms with Gasteiger partial charge in [0.2, 0.25) is 5.82 Å². The molecular formula is C33H45F3O2. The minimum absolute atomic E-state index is 0.0144. The maximum Gasteiger partial charge on any atom is 0.200 e. The van der Waals surface area contributed by atoms with Crippen molar-refractivity contribution in [3.05, 3.63) is 58.9 Å². The van der Waals surface area contributed by atoms with Crippen molar-refractivity contribution >= 4 is 0 Å². The zero-order chi connectivity index (χ0) is 26.9. The normalized spacial score (nSPS) is 23.8. The van der Waals surface area contributed by atoms with Gasteiger partial charge in [-0.05, 0) is 97.9 Å². The van der Waals surface area contributed by atoms with Gasteiger partial charge in [-0.15, -0.1) is 0 Å². The lowest BCUT2D eigenvalue weighted by Gasteiger charge is -2.29. The summed E-state index contributed by atoms with van der Waals surface area (Å²) in [6.45, 7) is 5.34. The number of rotatable bonds is 12. The standard InChI is InChI=1S/C33H45F3O2/c1-3-4-5-6-7-20-37-30-18-16-27(21-29(30)34)25-14-10-24(11-15-25)22-38-31-19-17-28(32(35)33(31)36)26-12-8-23(2)9-13-26/h16-19,21,23-26H,3-15,20,22H2,1-2H3. The highest BCUT2D eigenvalue weighted by molar-refractivity contribution is 5.34. The molecule has 2 aromatic carbocycles. The minimum atomic E-state index is -0.853. The molecule has 0 saturated heterocycles. The summed E-state index contributed by atoms with van der Waals surface area (Å²) in [6, 6.07) is 8.71. The van der Waals surface area contributed by atoms with Crippen molar-refractivity contribution in [2.24, 2.45) is 11.8 Å². The average Bonchev–Trinajstić information content (AvgIpc) is 2.93. The average molecular weight is 531 g/mol. The van der Waals surface area contributed by atoms with E-state index in [0.29, 0.717) is 36.4 Å². The Balaban J connectivity index is 1.22. The number of hydrogen-bond donors (Lipinski definition) is 0. The van der Waals surface area contributed by atoms with E-state index in [1.165, 1.54) is 19.3 Å². The van der Waals surface area contributed by atoms with Crippen LogP contribution < -0.4 is 9.47 Å². The van der Waals surface area contributed by atoms with Gasteiger partial charge in [0.1, 0.15) is 0 Å². The van der Waals surface area contributed by atoms with Crippen LogP contribution in [-0.4, -0.2) is 13.2 Å². The number of ether oxygens (including phenoxy) is 2. The van der Waals surface area contributed by atoms with Crippen molar-refractivity contribution in [3.8, 4) is 11.5 Å². The predicted molar refractivity (Wildman–Crippen MR) is 148 cm³/mol. The summed E-state index contributed by atoms with van der Waals surface area (Å²) in [4.78, 5) is 0. The number of halogens is 3. The Bertz CT molecular complexity index is 1010. The molecule has 0 heterocycles. The molecule has 0 bridgehead atoms. The van der Waals surface area contributed by atoms with E-state index in [1.807, 2.05) is 6.07 Å². The molecular weight excluding hydrogens is 485 g/mol. The summed E-state index contributed by atoms with van der Waals surface area (Å²) in [7, 11) is 0. The molecule has 5 heteroatoms. The lowest BCUT2D eigenvalue weighted by Crippen LogP contribution is -2.20. The Morgan fingerprint density at radius 1 is 0.711 bits per heavy atom. The second kappa shape index (κ2) is 14.3. The largest absolute Gasteiger partial charge is 0.491 e. The zero-order valence-electron chi connectivity index (χ0n) is 23.3. The highest BCUT2D eigenvalue weighted by Crippen LogP contribution is 2.40. The fraction of sp³-hybridized carbons (Fsp3) is 0.636. The quantitative estimate of drug-likeness (QED) is 0.254. The number of benzene rings is 2. The van der Waals surface area contributed by atoms with Gasteiger partial charge >= 0.3 is 0 Å². The molecule has 0 unspecified atom stereocenters. The molecule has 0 radical (unpaired) electrons. The Morgan fingerprint density at radius 3 is 2.11 bits per heavy atom. The monoisotopic (exact) mass is 530 g/mol. The van der Waals surface area contributed by atoms with Gasteiger partial charge in [0.15, 0.2) is 23.1 Å². The molecule has 0 atom stereocenters. The Labute approximate surface area is 227 Å². The van der Waals surface area contributed by atoms with Crippen LogP contribution in [-0.2, 0) is 0 Å². The van der Waals surface area contributed by atoms with E-state index in [1.54, 1.807) is 24.3 Å². The molecule has 2 saturated carbocycles. The maximum absolute atomic E-state index is 14.8. The molecule has 0 aliphatic heterocycles. The van der Waals surface area contributed by atoms with Gasteiger partial charge in [-0.3, -0.25) is 0 Å². The highest BCUT2D eigenvalue weighted by atomic mass is 19.2. The van der Waals surface area contributed by atoms with Gasteiger partial charge in [0.25, 0.3) is 0 Å². The Hall–Kier alpha value is -2.17. The second-order valence-electron chi connectivity index (χ2n) is 11.7. The first-order valence-corrected chi connectivity index (χ1v) is 15.0. The topological polar surface area (TPSA) is 18.5 Å². The van der Waals surface area contributed by atoms with E-state index in [2.05, 4.69) is 13.8 Å². The molecule has 2 aliphatic rings. The van der Waals surface area contributed by atoms with E-state index in [-0.39, 0.29) is 23.4 Å². The van der Waals surface area contributed by atoms with Crippen LogP contribution >= 0.6 is 0 Å². The van der Waals surface area contributed by atoms with Crippen LogP contribution in [0.15, 0.2) is 30.3 Å². The van der Waals surface area contributed by atoms with Gasteiger partial charge in [0.05, 0.1) is 13.2 Å². The summed E-state index contributed by atoms with van der Waals surface area (Å²) < 4.78 is 55.7. The van der Waals surface area contributed by atoms with Gasteiger partial charge < -0.3 is 9.47 Å². The third-order valence-electron chi connectivity index (χ3n) is 8.79. The van der Waals surface area contributed by atoms with Crippen molar-refractivity contribution in [1.29, 1.82) is 0 Å². The zero-order valence-corrected chi connectivity index (χ0v) is 23.3. The molecule has 0 spiro atoms. The summed E-state index contributed by atoms with van der Waals surface area (Å²) in [6.07, 6.45) is 13.4. The van der Waals surface area contributed by atoms with Crippen molar-refractivity contribution in [3.63, 3.8) is 0 Å². The van der Waals surface area contributed by atoms with Gasteiger partial charge in [0, 0.05) is 0 Å². The molecule has 2 nitrogen and oxygen atoms in total. The van der Waals surface area contributed by atoms with Crippen LogP contribution in [0.4, 0.5) is 13.2 Å². The SMILES string of the molecule is CCCCCCCOc1ccc(C2CCC(COc3ccc(C4CCC(C)CC4)c(F)c3F)CC2)cc1F. The van der Waals surface area contributed by atoms with Crippen LogP contribution in [0.1, 0.15) is 120 Å². The van der Waals surface area contributed by atoms with Crippen molar-refractivity contribution < 1.29 is 22.6 Å². The Kier molecular flexibility index (Phi) is 10.8. The van der Waals surface area contributed by atoms with Crippen LogP contribution in [0.3, 0.4) is 0 Å². The van der Waals surface area contributed by atoms with E-state index < -0.39 is 11.6 Å². The lowest BCUT2D eigenvalue weighted by molar-refractivity contribution is 0.192.